The van der Waals surface area contributed by atoms with Gasteiger partial charge in [0, 0.05) is 5.46 Å². The predicted octanol–water partition coefficient (Wildman–Crippen LogP) is 0.996. The normalized spacial score (nSPS) is 14.6. The van der Waals surface area contributed by atoms with Gasteiger partial charge in [0.1, 0.15) is 5.82 Å². The number of rotatable bonds is 2. The quantitative estimate of drug-likeness (QED) is 0.711. The zero-order valence-electron chi connectivity index (χ0n) is 8.09. The van der Waals surface area contributed by atoms with Crippen molar-refractivity contribution in [2.75, 3.05) is 0 Å². The van der Waals surface area contributed by atoms with Crippen LogP contribution in [0.1, 0.15) is 24.5 Å². The summed E-state index contributed by atoms with van der Waals surface area (Å²) in [4.78, 5) is 0. The molecule has 0 saturated carbocycles. The molecule has 0 unspecified atom stereocenters. The molecule has 1 aromatic rings. The first kappa shape index (κ1) is 9.68. The Kier molecular flexibility index (Phi) is 2.57. The van der Waals surface area contributed by atoms with E-state index in [4.69, 9.17) is 4.65 Å². The number of benzene rings is 1. The maximum absolute atomic E-state index is 13.8. The lowest BCUT2D eigenvalue weighted by atomic mass is 9.78. The lowest BCUT2D eigenvalue weighted by molar-refractivity contribution is 0.275. The Bertz CT molecular complexity index is 354. The van der Waals surface area contributed by atoms with Crippen molar-refractivity contribution in [3.8, 4) is 0 Å². The average Bonchev–Trinajstić information content (AvgIpc) is 2.54. The molecule has 0 atom stereocenters. The highest BCUT2D eigenvalue weighted by atomic mass is 19.1. The second-order valence-electron chi connectivity index (χ2n) is 3.52. The minimum Gasteiger partial charge on any atom is -0.423 e. The first-order valence-corrected chi connectivity index (χ1v) is 4.84. The van der Waals surface area contributed by atoms with Crippen LogP contribution < -0.4 is 5.46 Å². The molecule has 1 N–H and O–H groups in total. The summed E-state index contributed by atoms with van der Waals surface area (Å²) in [5, 5.41) is 9.39. The van der Waals surface area contributed by atoms with E-state index in [1.807, 2.05) is 13.0 Å². The van der Waals surface area contributed by atoms with Crippen molar-refractivity contribution < 1.29 is 14.1 Å². The molecule has 4 heteroatoms. The van der Waals surface area contributed by atoms with Crippen molar-refractivity contribution in [1.82, 2.24) is 0 Å². The summed E-state index contributed by atoms with van der Waals surface area (Å²) in [6.45, 7) is 2.30. The smallest absolute Gasteiger partial charge is 0.423 e. The number of hydrogen-bond acceptors (Lipinski definition) is 2. The molecule has 0 aliphatic carbocycles. The van der Waals surface area contributed by atoms with Crippen molar-refractivity contribution in [3.63, 3.8) is 0 Å². The average molecular weight is 194 g/mol. The van der Waals surface area contributed by atoms with Gasteiger partial charge < -0.3 is 9.68 Å². The second kappa shape index (κ2) is 3.71. The first-order chi connectivity index (χ1) is 6.74. The van der Waals surface area contributed by atoms with Gasteiger partial charge in [0.2, 0.25) is 0 Å². The van der Waals surface area contributed by atoms with Gasteiger partial charge in [-0.05, 0) is 17.5 Å². The standard InChI is InChI=1S/C10H12BFO2/c1-2-3-7-4-5-8-6-14-11(13)9(8)10(7)12/h4-5,13H,2-3,6H2,1H3. The van der Waals surface area contributed by atoms with E-state index >= 15 is 0 Å². The number of fused-ring (bicyclic) bond motifs is 1. The van der Waals surface area contributed by atoms with Gasteiger partial charge in [0.25, 0.3) is 0 Å². The van der Waals surface area contributed by atoms with Gasteiger partial charge >= 0.3 is 7.12 Å². The maximum Gasteiger partial charge on any atom is 0.494 e. The summed E-state index contributed by atoms with van der Waals surface area (Å²) in [6, 6.07) is 3.61. The topological polar surface area (TPSA) is 29.5 Å². The lowest BCUT2D eigenvalue weighted by Gasteiger charge is -2.06. The van der Waals surface area contributed by atoms with Crippen LogP contribution in [-0.2, 0) is 17.7 Å². The summed E-state index contributed by atoms with van der Waals surface area (Å²) in [7, 11) is -1.08. The van der Waals surface area contributed by atoms with Crippen LogP contribution in [-0.4, -0.2) is 12.1 Å². The van der Waals surface area contributed by atoms with Gasteiger partial charge in [-0.3, -0.25) is 0 Å². The van der Waals surface area contributed by atoms with Crippen LogP contribution in [0.5, 0.6) is 0 Å². The molecule has 0 saturated heterocycles. The van der Waals surface area contributed by atoms with Crippen LogP contribution in [0, 0.1) is 5.82 Å². The Labute approximate surface area is 82.9 Å². The zero-order chi connectivity index (χ0) is 10.1. The fourth-order valence-corrected chi connectivity index (χ4v) is 1.79. The zero-order valence-corrected chi connectivity index (χ0v) is 8.09. The maximum atomic E-state index is 13.8. The third-order valence-electron chi connectivity index (χ3n) is 2.51. The molecule has 0 spiro atoms. The van der Waals surface area contributed by atoms with E-state index in [2.05, 4.69) is 0 Å². The molecule has 14 heavy (non-hydrogen) atoms. The molecule has 0 radical (unpaired) electrons. The van der Waals surface area contributed by atoms with Crippen molar-refractivity contribution in [3.05, 3.63) is 29.1 Å². The molecular weight excluding hydrogens is 182 g/mol. The number of hydrogen-bond donors (Lipinski definition) is 1. The molecular formula is C10H12BFO2. The number of aryl methyl sites for hydroxylation is 1. The number of halogens is 1. The van der Waals surface area contributed by atoms with Crippen LogP contribution in [0.4, 0.5) is 4.39 Å². The van der Waals surface area contributed by atoms with E-state index in [-0.39, 0.29) is 5.82 Å². The van der Waals surface area contributed by atoms with Crippen molar-refractivity contribution >= 4 is 12.6 Å². The summed E-state index contributed by atoms with van der Waals surface area (Å²) < 4.78 is 18.7. The summed E-state index contributed by atoms with van der Waals surface area (Å²) in [5.41, 5.74) is 1.75. The molecule has 74 valence electrons. The first-order valence-electron chi connectivity index (χ1n) is 4.84. The van der Waals surface area contributed by atoms with E-state index in [1.54, 1.807) is 6.07 Å². The highest BCUT2D eigenvalue weighted by molar-refractivity contribution is 6.61. The molecule has 1 heterocycles. The van der Waals surface area contributed by atoms with Crippen molar-refractivity contribution in [2.24, 2.45) is 0 Å². The molecule has 0 amide bonds. The molecule has 2 nitrogen and oxygen atoms in total. The van der Waals surface area contributed by atoms with E-state index in [0.717, 1.165) is 12.0 Å². The predicted molar refractivity (Wildman–Crippen MR) is 52.8 cm³/mol. The van der Waals surface area contributed by atoms with E-state index < -0.39 is 7.12 Å². The van der Waals surface area contributed by atoms with Crippen molar-refractivity contribution in [2.45, 2.75) is 26.4 Å². The second-order valence-corrected chi connectivity index (χ2v) is 3.52. The lowest BCUT2D eigenvalue weighted by Crippen LogP contribution is -2.32. The van der Waals surface area contributed by atoms with Crippen LogP contribution >= 0.6 is 0 Å². The van der Waals surface area contributed by atoms with Gasteiger partial charge in [0.05, 0.1) is 6.61 Å². The Balaban J connectivity index is 2.45. The summed E-state index contributed by atoms with van der Waals surface area (Å²) in [5.74, 6) is -0.297. The Morgan fingerprint density at radius 2 is 2.36 bits per heavy atom. The minimum atomic E-state index is -1.08. The SMILES string of the molecule is CCCc1ccc2c(c1F)B(O)OC2. The van der Waals surface area contributed by atoms with E-state index in [1.165, 1.54) is 0 Å². The largest absolute Gasteiger partial charge is 0.494 e. The Morgan fingerprint density at radius 1 is 1.57 bits per heavy atom. The summed E-state index contributed by atoms with van der Waals surface area (Å²) >= 11 is 0. The van der Waals surface area contributed by atoms with Gasteiger partial charge in [-0.2, -0.15) is 0 Å². The molecule has 0 fully saturated rings. The van der Waals surface area contributed by atoms with Crippen LogP contribution in [0.2, 0.25) is 0 Å². The molecule has 1 aromatic carbocycles. The molecule has 1 aliphatic heterocycles. The molecule has 0 bridgehead atoms. The summed E-state index contributed by atoms with van der Waals surface area (Å²) in [6.07, 6.45) is 1.60. The minimum absolute atomic E-state index is 0.297. The van der Waals surface area contributed by atoms with Gasteiger partial charge in [0.15, 0.2) is 0 Å². The highest BCUT2D eigenvalue weighted by Crippen LogP contribution is 2.16. The van der Waals surface area contributed by atoms with E-state index in [9.17, 15) is 9.41 Å². The molecule has 1 aliphatic rings. The van der Waals surface area contributed by atoms with Crippen LogP contribution in [0.3, 0.4) is 0 Å². The van der Waals surface area contributed by atoms with Crippen LogP contribution in [0.25, 0.3) is 0 Å². The van der Waals surface area contributed by atoms with Gasteiger partial charge in [-0.25, -0.2) is 4.39 Å². The Morgan fingerprint density at radius 3 is 3.07 bits per heavy atom. The fourth-order valence-electron chi connectivity index (χ4n) is 1.79. The van der Waals surface area contributed by atoms with E-state index in [0.29, 0.717) is 24.1 Å². The fraction of sp³-hybridized carbons (Fsp3) is 0.400. The van der Waals surface area contributed by atoms with Crippen molar-refractivity contribution in [1.29, 1.82) is 0 Å². The third kappa shape index (κ3) is 1.44. The highest BCUT2D eigenvalue weighted by Gasteiger charge is 2.31. The Hall–Kier alpha value is -0.865. The molecule has 2 rings (SSSR count). The third-order valence-corrected chi connectivity index (χ3v) is 2.51. The van der Waals surface area contributed by atoms with Gasteiger partial charge in [-0.1, -0.05) is 25.5 Å². The van der Waals surface area contributed by atoms with Gasteiger partial charge in [-0.15, -0.1) is 0 Å². The monoisotopic (exact) mass is 194 g/mol. The molecule has 0 aromatic heterocycles. The van der Waals surface area contributed by atoms with Crippen LogP contribution in [0.15, 0.2) is 12.1 Å².